The Hall–Kier alpha value is -2.82. The number of aromatic nitrogens is 2. The van der Waals surface area contributed by atoms with Gasteiger partial charge in [-0.1, -0.05) is 12.1 Å². The molecule has 5 heteroatoms. The summed E-state index contributed by atoms with van der Waals surface area (Å²) in [7, 11) is 1.72. The standard InChI is InChI=1S/C19H18FN3O/c1-12-13(2)22-18-10-15(6-9-17(18)21-12)19(24)23(3)11-14-4-7-16(20)8-5-14/h4-10H,11H2,1-3H3. The molecule has 1 aromatic heterocycles. The van der Waals surface area contributed by atoms with Gasteiger partial charge in [0.25, 0.3) is 5.91 Å². The molecule has 4 nitrogen and oxygen atoms in total. The molecule has 0 saturated heterocycles. The zero-order chi connectivity index (χ0) is 17.3. The van der Waals surface area contributed by atoms with Gasteiger partial charge in [0.1, 0.15) is 5.82 Å². The first-order valence-electron chi connectivity index (χ1n) is 7.69. The number of hydrogen-bond acceptors (Lipinski definition) is 3. The van der Waals surface area contributed by atoms with Crippen LogP contribution < -0.4 is 0 Å². The summed E-state index contributed by atoms with van der Waals surface area (Å²) in [6, 6.07) is 11.5. The van der Waals surface area contributed by atoms with Gasteiger partial charge in [-0.05, 0) is 49.7 Å². The van der Waals surface area contributed by atoms with Crippen molar-refractivity contribution in [2.24, 2.45) is 0 Å². The average Bonchev–Trinajstić information content (AvgIpc) is 2.57. The number of carbonyl (C=O) groups excluding carboxylic acids is 1. The Bertz CT molecular complexity index is 906. The normalized spacial score (nSPS) is 10.8. The molecule has 0 radical (unpaired) electrons. The molecule has 0 bridgehead atoms. The average molecular weight is 323 g/mol. The minimum atomic E-state index is -0.286. The van der Waals surface area contributed by atoms with Crippen molar-refractivity contribution in [3.63, 3.8) is 0 Å². The molecule has 0 saturated carbocycles. The lowest BCUT2D eigenvalue weighted by Gasteiger charge is -2.17. The first kappa shape index (κ1) is 16.1. The second-order valence-electron chi connectivity index (χ2n) is 5.89. The van der Waals surface area contributed by atoms with Crippen LogP contribution in [0.2, 0.25) is 0 Å². The van der Waals surface area contributed by atoms with E-state index < -0.39 is 0 Å². The highest BCUT2D eigenvalue weighted by Crippen LogP contribution is 2.16. The second-order valence-corrected chi connectivity index (χ2v) is 5.89. The largest absolute Gasteiger partial charge is 0.337 e. The SMILES string of the molecule is Cc1nc2ccc(C(=O)N(C)Cc3ccc(F)cc3)cc2nc1C. The monoisotopic (exact) mass is 323 g/mol. The van der Waals surface area contributed by atoms with Crippen molar-refractivity contribution in [1.82, 2.24) is 14.9 Å². The number of carbonyl (C=O) groups is 1. The summed E-state index contributed by atoms with van der Waals surface area (Å²) in [6.07, 6.45) is 0. The summed E-state index contributed by atoms with van der Waals surface area (Å²) < 4.78 is 13.0. The molecular formula is C19H18FN3O. The van der Waals surface area contributed by atoms with Crippen molar-refractivity contribution in [1.29, 1.82) is 0 Å². The van der Waals surface area contributed by atoms with Crippen molar-refractivity contribution in [2.75, 3.05) is 7.05 Å². The summed E-state index contributed by atoms with van der Waals surface area (Å²) >= 11 is 0. The maximum atomic E-state index is 13.0. The van der Waals surface area contributed by atoms with Gasteiger partial charge in [0.05, 0.1) is 22.4 Å². The molecule has 1 amide bonds. The number of halogens is 1. The highest BCUT2D eigenvalue weighted by molar-refractivity contribution is 5.97. The predicted molar refractivity (Wildman–Crippen MR) is 91.2 cm³/mol. The van der Waals surface area contributed by atoms with E-state index in [1.54, 1.807) is 36.2 Å². The number of aryl methyl sites for hydroxylation is 2. The molecule has 1 heterocycles. The summed E-state index contributed by atoms with van der Waals surface area (Å²) in [5.74, 6) is -0.396. The molecule has 0 aliphatic carbocycles. The molecule has 2 aromatic carbocycles. The molecule has 0 atom stereocenters. The van der Waals surface area contributed by atoms with Crippen molar-refractivity contribution < 1.29 is 9.18 Å². The summed E-state index contributed by atoms with van der Waals surface area (Å²) in [5, 5.41) is 0. The molecule has 0 aliphatic heterocycles. The zero-order valence-electron chi connectivity index (χ0n) is 13.9. The molecule has 0 aliphatic rings. The fourth-order valence-corrected chi connectivity index (χ4v) is 2.52. The Morgan fingerprint density at radius 2 is 1.62 bits per heavy atom. The molecule has 0 fully saturated rings. The van der Waals surface area contributed by atoms with Gasteiger partial charge >= 0.3 is 0 Å². The van der Waals surface area contributed by atoms with E-state index in [2.05, 4.69) is 9.97 Å². The van der Waals surface area contributed by atoms with Crippen molar-refractivity contribution >= 4 is 16.9 Å². The van der Waals surface area contributed by atoms with Crippen LogP contribution in [0.25, 0.3) is 11.0 Å². The van der Waals surface area contributed by atoms with Gasteiger partial charge in [0.15, 0.2) is 0 Å². The quantitative estimate of drug-likeness (QED) is 0.739. The lowest BCUT2D eigenvalue weighted by Crippen LogP contribution is -2.26. The molecule has 122 valence electrons. The number of benzene rings is 2. The van der Waals surface area contributed by atoms with E-state index >= 15 is 0 Å². The van der Waals surface area contributed by atoms with Crippen LogP contribution in [0.15, 0.2) is 42.5 Å². The van der Waals surface area contributed by atoms with E-state index in [9.17, 15) is 9.18 Å². The van der Waals surface area contributed by atoms with E-state index in [-0.39, 0.29) is 11.7 Å². The zero-order valence-corrected chi connectivity index (χ0v) is 13.9. The Morgan fingerprint density at radius 3 is 2.29 bits per heavy atom. The van der Waals surface area contributed by atoms with Crippen molar-refractivity contribution in [2.45, 2.75) is 20.4 Å². The first-order valence-corrected chi connectivity index (χ1v) is 7.69. The summed E-state index contributed by atoms with van der Waals surface area (Å²) in [6.45, 7) is 4.23. The maximum Gasteiger partial charge on any atom is 0.253 e. The molecule has 0 N–H and O–H groups in total. The van der Waals surface area contributed by atoms with E-state index in [4.69, 9.17) is 0 Å². The van der Waals surface area contributed by atoms with Crippen LogP contribution in [0.1, 0.15) is 27.3 Å². The first-order chi connectivity index (χ1) is 11.4. The van der Waals surface area contributed by atoms with Gasteiger partial charge < -0.3 is 4.90 Å². The van der Waals surface area contributed by atoms with Crippen LogP contribution in [0.5, 0.6) is 0 Å². The third kappa shape index (κ3) is 3.25. The van der Waals surface area contributed by atoms with Crippen molar-refractivity contribution in [3.8, 4) is 0 Å². The molecule has 0 spiro atoms. The Balaban J connectivity index is 1.84. The highest BCUT2D eigenvalue weighted by atomic mass is 19.1. The number of hydrogen-bond donors (Lipinski definition) is 0. The van der Waals surface area contributed by atoms with Gasteiger partial charge in [0, 0.05) is 19.2 Å². The summed E-state index contributed by atoms with van der Waals surface area (Å²) in [4.78, 5) is 23.2. The van der Waals surface area contributed by atoms with E-state index in [1.807, 2.05) is 19.9 Å². The second kappa shape index (κ2) is 6.35. The lowest BCUT2D eigenvalue weighted by molar-refractivity contribution is 0.0785. The van der Waals surface area contributed by atoms with Crippen LogP contribution >= 0.6 is 0 Å². The fourth-order valence-electron chi connectivity index (χ4n) is 2.52. The van der Waals surface area contributed by atoms with E-state index in [1.165, 1.54) is 12.1 Å². The number of amides is 1. The van der Waals surface area contributed by atoms with Crippen molar-refractivity contribution in [3.05, 3.63) is 70.8 Å². The third-order valence-electron chi connectivity index (χ3n) is 4.00. The summed E-state index contributed by atoms with van der Waals surface area (Å²) in [5.41, 5.74) is 4.65. The smallest absolute Gasteiger partial charge is 0.253 e. The van der Waals surface area contributed by atoms with Gasteiger partial charge in [-0.15, -0.1) is 0 Å². The van der Waals surface area contributed by atoms with Gasteiger partial charge in [-0.2, -0.15) is 0 Å². The van der Waals surface area contributed by atoms with Crippen LogP contribution in [0, 0.1) is 19.7 Å². The molecule has 3 aromatic rings. The van der Waals surface area contributed by atoms with E-state index in [0.717, 1.165) is 22.5 Å². The van der Waals surface area contributed by atoms with Crippen LogP contribution in [-0.2, 0) is 6.54 Å². The number of rotatable bonds is 3. The number of fused-ring (bicyclic) bond motifs is 1. The Morgan fingerprint density at radius 1 is 1.00 bits per heavy atom. The minimum absolute atomic E-state index is 0.110. The Kier molecular flexibility index (Phi) is 4.25. The third-order valence-corrected chi connectivity index (χ3v) is 4.00. The van der Waals surface area contributed by atoms with Crippen LogP contribution in [0.3, 0.4) is 0 Å². The van der Waals surface area contributed by atoms with E-state index in [0.29, 0.717) is 17.6 Å². The minimum Gasteiger partial charge on any atom is -0.337 e. The Labute approximate surface area is 140 Å². The molecule has 3 rings (SSSR count). The molecule has 0 unspecified atom stereocenters. The topological polar surface area (TPSA) is 46.1 Å². The van der Waals surface area contributed by atoms with Gasteiger partial charge in [0.2, 0.25) is 0 Å². The van der Waals surface area contributed by atoms with Crippen LogP contribution in [0.4, 0.5) is 4.39 Å². The van der Waals surface area contributed by atoms with Crippen LogP contribution in [-0.4, -0.2) is 27.8 Å². The maximum absolute atomic E-state index is 13.0. The predicted octanol–water partition coefficient (Wildman–Crippen LogP) is 3.66. The number of nitrogens with zero attached hydrogens (tertiary/aromatic N) is 3. The molecule has 24 heavy (non-hydrogen) atoms. The van der Waals surface area contributed by atoms with Gasteiger partial charge in [-0.25, -0.2) is 14.4 Å². The lowest BCUT2D eigenvalue weighted by atomic mass is 10.1. The fraction of sp³-hybridized carbons (Fsp3) is 0.211. The van der Waals surface area contributed by atoms with Gasteiger partial charge in [-0.3, -0.25) is 4.79 Å². The molecular weight excluding hydrogens is 305 g/mol. The highest BCUT2D eigenvalue weighted by Gasteiger charge is 2.13.